The summed E-state index contributed by atoms with van der Waals surface area (Å²) in [4.78, 5) is 0. The van der Waals surface area contributed by atoms with Crippen molar-refractivity contribution in [2.45, 2.75) is 33.7 Å². The molecule has 0 spiro atoms. The molecule has 0 fully saturated rings. The molecule has 86 valence electrons. The summed E-state index contributed by atoms with van der Waals surface area (Å²) in [6, 6.07) is 3.63. The van der Waals surface area contributed by atoms with Gasteiger partial charge in [0.2, 0.25) is 0 Å². The lowest BCUT2D eigenvalue weighted by atomic mass is 9.87. The minimum absolute atomic E-state index is 0.0611. The van der Waals surface area contributed by atoms with Crippen LogP contribution in [0.25, 0.3) is 5.65 Å². The number of aryl methyl sites for hydroxylation is 1. The average Bonchev–Trinajstić information content (AvgIpc) is 2.57. The van der Waals surface area contributed by atoms with Gasteiger partial charge in [-0.05, 0) is 24.5 Å². The van der Waals surface area contributed by atoms with Crippen LogP contribution in [0.4, 0.5) is 0 Å². The maximum absolute atomic E-state index is 6.17. The fourth-order valence-corrected chi connectivity index (χ4v) is 1.48. The lowest BCUT2D eigenvalue weighted by Crippen LogP contribution is -2.28. The first-order valence-corrected chi connectivity index (χ1v) is 5.34. The maximum Gasteiger partial charge on any atom is 0.177 e. The largest absolute Gasteiger partial charge is 0.321 e. The minimum Gasteiger partial charge on any atom is -0.321 e. The predicted molar refractivity (Wildman–Crippen MR) is 61.9 cm³/mol. The van der Waals surface area contributed by atoms with Crippen molar-refractivity contribution in [1.82, 2.24) is 19.8 Å². The Morgan fingerprint density at radius 2 is 1.94 bits per heavy atom. The molecule has 2 aromatic heterocycles. The molecule has 5 heteroatoms. The highest BCUT2D eigenvalue weighted by Crippen LogP contribution is 2.28. The van der Waals surface area contributed by atoms with Crippen LogP contribution in [-0.4, -0.2) is 19.8 Å². The molecule has 5 nitrogen and oxygen atoms in total. The lowest BCUT2D eigenvalue weighted by molar-refractivity contribution is 0.311. The minimum atomic E-state index is -0.184. The van der Waals surface area contributed by atoms with Gasteiger partial charge in [-0.2, -0.15) is 9.61 Å². The van der Waals surface area contributed by atoms with Crippen LogP contribution in [0.1, 0.15) is 38.3 Å². The summed E-state index contributed by atoms with van der Waals surface area (Å²) in [5.74, 6) is 0.714. The fourth-order valence-electron chi connectivity index (χ4n) is 1.48. The van der Waals surface area contributed by atoms with E-state index in [1.54, 1.807) is 4.52 Å². The van der Waals surface area contributed by atoms with Crippen LogP contribution in [0, 0.1) is 12.3 Å². The Kier molecular flexibility index (Phi) is 2.42. The number of nitrogens with zero attached hydrogens (tertiary/aromatic N) is 4. The van der Waals surface area contributed by atoms with Crippen molar-refractivity contribution in [2.75, 3.05) is 0 Å². The Morgan fingerprint density at radius 1 is 1.25 bits per heavy atom. The molecule has 0 aliphatic rings. The zero-order chi connectivity index (χ0) is 11.9. The van der Waals surface area contributed by atoms with Crippen molar-refractivity contribution in [3.05, 3.63) is 23.7 Å². The third-order valence-electron chi connectivity index (χ3n) is 2.63. The van der Waals surface area contributed by atoms with Crippen LogP contribution >= 0.6 is 0 Å². The number of aromatic nitrogens is 4. The molecule has 2 aromatic rings. The van der Waals surface area contributed by atoms with Crippen LogP contribution in [0.5, 0.6) is 0 Å². The molecule has 0 amide bonds. The Morgan fingerprint density at radius 3 is 2.56 bits per heavy atom. The van der Waals surface area contributed by atoms with Crippen LogP contribution in [0.2, 0.25) is 0 Å². The van der Waals surface area contributed by atoms with Crippen molar-refractivity contribution in [2.24, 2.45) is 11.1 Å². The summed E-state index contributed by atoms with van der Waals surface area (Å²) < 4.78 is 1.73. The van der Waals surface area contributed by atoms with Gasteiger partial charge >= 0.3 is 0 Å². The third-order valence-corrected chi connectivity index (χ3v) is 2.63. The summed E-state index contributed by atoms with van der Waals surface area (Å²) in [5.41, 5.74) is 7.77. The topological polar surface area (TPSA) is 69.1 Å². The molecule has 0 saturated heterocycles. The van der Waals surface area contributed by atoms with Gasteiger partial charge in [0, 0.05) is 0 Å². The molecule has 0 saturated carbocycles. The zero-order valence-electron chi connectivity index (χ0n) is 10.1. The average molecular weight is 219 g/mol. The smallest absolute Gasteiger partial charge is 0.177 e. The number of nitrogens with two attached hydrogens (primary N) is 1. The highest BCUT2D eigenvalue weighted by Gasteiger charge is 2.27. The predicted octanol–water partition coefficient (Wildman–Crippen LogP) is 1.48. The first kappa shape index (κ1) is 11.0. The molecule has 16 heavy (non-hydrogen) atoms. The van der Waals surface area contributed by atoms with E-state index in [-0.39, 0.29) is 11.5 Å². The second kappa shape index (κ2) is 3.52. The van der Waals surface area contributed by atoms with E-state index in [1.165, 1.54) is 0 Å². The molecule has 2 rings (SSSR count). The first-order chi connectivity index (χ1) is 7.39. The standard InChI is InChI=1S/C11H17N5/c1-7-5-6-8-13-14-10(16(8)15-7)9(12)11(2,3)4/h5-6,9H,12H2,1-4H3. The summed E-state index contributed by atoms with van der Waals surface area (Å²) in [7, 11) is 0. The Hall–Kier alpha value is -1.49. The lowest BCUT2D eigenvalue weighted by Gasteiger charge is -2.24. The molecule has 0 aliphatic carbocycles. The van der Waals surface area contributed by atoms with E-state index in [0.29, 0.717) is 5.82 Å². The van der Waals surface area contributed by atoms with E-state index < -0.39 is 0 Å². The number of fused-ring (bicyclic) bond motifs is 1. The summed E-state index contributed by atoms with van der Waals surface area (Å²) in [6.07, 6.45) is 0. The van der Waals surface area contributed by atoms with Crippen molar-refractivity contribution in [3.8, 4) is 0 Å². The summed E-state index contributed by atoms with van der Waals surface area (Å²) in [5, 5.41) is 12.6. The monoisotopic (exact) mass is 219 g/mol. The Bertz CT molecular complexity index is 509. The molecule has 0 bridgehead atoms. The number of hydrogen-bond donors (Lipinski definition) is 1. The second-order valence-corrected chi connectivity index (χ2v) is 5.15. The molecule has 1 unspecified atom stereocenters. The Balaban J connectivity index is 2.57. The number of rotatable bonds is 1. The molecule has 0 aliphatic heterocycles. The van der Waals surface area contributed by atoms with Gasteiger partial charge in [0.05, 0.1) is 11.7 Å². The van der Waals surface area contributed by atoms with Crippen LogP contribution in [-0.2, 0) is 0 Å². The van der Waals surface area contributed by atoms with Crippen LogP contribution in [0.3, 0.4) is 0 Å². The molecule has 0 aromatic carbocycles. The van der Waals surface area contributed by atoms with Gasteiger partial charge < -0.3 is 5.73 Å². The van der Waals surface area contributed by atoms with Crippen molar-refractivity contribution in [1.29, 1.82) is 0 Å². The van der Waals surface area contributed by atoms with E-state index in [4.69, 9.17) is 5.73 Å². The Labute approximate surface area is 94.7 Å². The summed E-state index contributed by atoms with van der Waals surface area (Å²) in [6.45, 7) is 8.17. The van der Waals surface area contributed by atoms with Crippen LogP contribution < -0.4 is 5.73 Å². The van der Waals surface area contributed by atoms with Gasteiger partial charge in [0.25, 0.3) is 0 Å². The third kappa shape index (κ3) is 1.78. The van der Waals surface area contributed by atoms with Gasteiger partial charge in [-0.25, -0.2) is 0 Å². The van der Waals surface area contributed by atoms with Crippen LogP contribution in [0.15, 0.2) is 12.1 Å². The second-order valence-electron chi connectivity index (χ2n) is 5.15. The fraction of sp³-hybridized carbons (Fsp3) is 0.545. The molecule has 2 heterocycles. The zero-order valence-corrected chi connectivity index (χ0v) is 10.1. The molecule has 0 radical (unpaired) electrons. The summed E-state index contributed by atoms with van der Waals surface area (Å²) >= 11 is 0. The molecule has 2 N–H and O–H groups in total. The quantitative estimate of drug-likeness (QED) is 0.788. The highest BCUT2D eigenvalue weighted by molar-refractivity contribution is 5.36. The van der Waals surface area contributed by atoms with E-state index in [9.17, 15) is 0 Å². The molecular formula is C11H17N5. The van der Waals surface area contributed by atoms with E-state index in [0.717, 1.165) is 11.3 Å². The van der Waals surface area contributed by atoms with E-state index in [1.807, 2.05) is 19.1 Å². The molecular weight excluding hydrogens is 202 g/mol. The molecule has 1 atom stereocenters. The van der Waals surface area contributed by atoms with Gasteiger partial charge in [-0.3, -0.25) is 0 Å². The normalized spacial score (nSPS) is 14.3. The number of hydrogen-bond acceptors (Lipinski definition) is 4. The van der Waals surface area contributed by atoms with Gasteiger partial charge in [-0.15, -0.1) is 10.2 Å². The van der Waals surface area contributed by atoms with Crippen molar-refractivity contribution in [3.63, 3.8) is 0 Å². The SMILES string of the molecule is Cc1ccc2nnc(C(N)C(C)(C)C)n2n1. The van der Waals surface area contributed by atoms with E-state index in [2.05, 4.69) is 36.1 Å². The maximum atomic E-state index is 6.17. The van der Waals surface area contributed by atoms with Gasteiger partial charge in [-0.1, -0.05) is 20.8 Å². The van der Waals surface area contributed by atoms with Gasteiger partial charge in [0.15, 0.2) is 11.5 Å². The van der Waals surface area contributed by atoms with Crippen molar-refractivity contribution < 1.29 is 0 Å². The first-order valence-electron chi connectivity index (χ1n) is 5.34. The highest BCUT2D eigenvalue weighted by atomic mass is 15.4. The van der Waals surface area contributed by atoms with E-state index >= 15 is 0 Å². The van der Waals surface area contributed by atoms with Gasteiger partial charge in [0.1, 0.15) is 0 Å². The van der Waals surface area contributed by atoms with Crippen molar-refractivity contribution >= 4 is 5.65 Å².